The van der Waals surface area contributed by atoms with Gasteiger partial charge in [-0.15, -0.1) is 32.9 Å². The second-order valence-corrected chi connectivity index (χ2v) is 9.21. The van der Waals surface area contributed by atoms with E-state index < -0.39 is 0 Å². The van der Waals surface area contributed by atoms with Crippen LogP contribution < -0.4 is 5.32 Å². The maximum Gasteiger partial charge on any atom is 0.277 e. The van der Waals surface area contributed by atoms with Gasteiger partial charge in [-0.2, -0.15) is 0 Å². The van der Waals surface area contributed by atoms with E-state index in [9.17, 15) is 4.79 Å². The van der Waals surface area contributed by atoms with Crippen LogP contribution in [0.2, 0.25) is 0 Å². The first-order valence-electron chi connectivity index (χ1n) is 8.83. The summed E-state index contributed by atoms with van der Waals surface area (Å²) in [6.45, 7) is 6.26. The Morgan fingerprint density at radius 3 is 2.76 bits per heavy atom. The smallest absolute Gasteiger partial charge is 0.277 e. The second-order valence-electron chi connectivity index (χ2n) is 6.48. The van der Waals surface area contributed by atoms with Crippen LogP contribution in [0.5, 0.6) is 0 Å². The maximum absolute atomic E-state index is 12.3. The number of thioether (sulfide) groups is 1. The third kappa shape index (κ3) is 4.58. The first kappa shape index (κ1) is 19.8. The fourth-order valence-corrected chi connectivity index (χ4v) is 4.68. The predicted octanol–water partition coefficient (Wildman–Crippen LogP) is 5.58. The molecule has 0 aliphatic carbocycles. The van der Waals surface area contributed by atoms with Crippen molar-refractivity contribution in [2.24, 2.45) is 0 Å². The molecule has 9 heteroatoms. The van der Waals surface area contributed by atoms with Crippen molar-refractivity contribution in [3.05, 3.63) is 51.7 Å². The van der Waals surface area contributed by atoms with Crippen LogP contribution in [0, 0.1) is 20.8 Å². The summed E-state index contributed by atoms with van der Waals surface area (Å²) in [5.74, 6) is 0.476. The van der Waals surface area contributed by atoms with E-state index in [1.54, 1.807) is 0 Å². The van der Waals surface area contributed by atoms with Gasteiger partial charge in [-0.25, -0.2) is 4.98 Å². The molecule has 148 valence electrons. The molecule has 0 radical (unpaired) electrons. The minimum absolute atomic E-state index is 0.163. The molecule has 3 heterocycles. The number of anilines is 1. The Hall–Kier alpha value is -2.49. The van der Waals surface area contributed by atoms with E-state index in [0.717, 1.165) is 16.1 Å². The van der Waals surface area contributed by atoms with Crippen molar-refractivity contribution in [1.82, 2.24) is 15.2 Å². The van der Waals surface area contributed by atoms with Crippen LogP contribution in [0.25, 0.3) is 22.0 Å². The lowest BCUT2D eigenvalue weighted by Crippen LogP contribution is -2.13. The highest BCUT2D eigenvalue weighted by atomic mass is 32.2. The van der Waals surface area contributed by atoms with E-state index in [-0.39, 0.29) is 11.7 Å². The first-order chi connectivity index (χ1) is 14.0. The molecule has 0 aliphatic rings. The van der Waals surface area contributed by atoms with Crippen LogP contribution in [0.1, 0.15) is 16.7 Å². The summed E-state index contributed by atoms with van der Waals surface area (Å²) in [6.07, 6.45) is 0. The quantitative estimate of drug-likeness (QED) is 0.393. The molecular formula is C20H18N4O2S3. The lowest BCUT2D eigenvalue weighted by Gasteiger charge is -2.07. The fourth-order valence-electron chi connectivity index (χ4n) is 2.74. The Morgan fingerprint density at radius 2 is 1.97 bits per heavy atom. The van der Waals surface area contributed by atoms with Crippen molar-refractivity contribution < 1.29 is 9.21 Å². The van der Waals surface area contributed by atoms with Gasteiger partial charge in [0.1, 0.15) is 0 Å². The Labute approximate surface area is 180 Å². The minimum Gasteiger partial charge on any atom is -0.410 e. The highest BCUT2D eigenvalue weighted by Gasteiger charge is 2.14. The molecule has 0 bridgehead atoms. The van der Waals surface area contributed by atoms with Gasteiger partial charge in [0, 0.05) is 10.9 Å². The Bertz CT molecular complexity index is 1150. The molecular weight excluding hydrogens is 424 g/mol. The van der Waals surface area contributed by atoms with E-state index in [4.69, 9.17) is 4.42 Å². The number of hydrogen-bond acceptors (Lipinski definition) is 8. The predicted molar refractivity (Wildman–Crippen MR) is 119 cm³/mol. The number of thiophene rings is 1. The molecule has 29 heavy (non-hydrogen) atoms. The molecule has 6 nitrogen and oxygen atoms in total. The number of aryl methyl sites for hydroxylation is 3. The van der Waals surface area contributed by atoms with Crippen LogP contribution in [-0.2, 0) is 4.79 Å². The van der Waals surface area contributed by atoms with Crippen LogP contribution in [-0.4, -0.2) is 26.8 Å². The second kappa shape index (κ2) is 8.48. The Kier molecular flexibility index (Phi) is 5.79. The van der Waals surface area contributed by atoms with Gasteiger partial charge in [0.2, 0.25) is 5.91 Å². The van der Waals surface area contributed by atoms with Crippen LogP contribution in [0.3, 0.4) is 0 Å². The topological polar surface area (TPSA) is 80.9 Å². The molecule has 0 spiro atoms. The molecule has 4 aromatic rings. The summed E-state index contributed by atoms with van der Waals surface area (Å²) in [5, 5.41) is 15.7. The van der Waals surface area contributed by atoms with E-state index in [1.807, 2.05) is 22.9 Å². The van der Waals surface area contributed by atoms with Crippen molar-refractivity contribution in [2.45, 2.75) is 26.0 Å². The highest BCUT2D eigenvalue weighted by molar-refractivity contribution is 7.99. The number of hydrogen-bond donors (Lipinski definition) is 1. The van der Waals surface area contributed by atoms with Crippen molar-refractivity contribution in [1.29, 1.82) is 0 Å². The Morgan fingerprint density at radius 1 is 1.14 bits per heavy atom. The van der Waals surface area contributed by atoms with E-state index in [2.05, 4.69) is 53.4 Å². The highest BCUT2D eigenvalue weighted by Crippen LogP contribution is 2.30. The zero-order chi connectivity index (χ0) is 20.4. The molecule has 0 saturated heterocycles. The largest absolute Gasteiger partial charge is 0.410 e. The average molecular weight is 443 g/mol. The average Bonchev–Trinajstić information content (AvgIpc) is 3.44. The van der Waals surface area contributed by atoms with E-state index in [0.29, 0.717) is 16.2 Å². The first-order valence-corrected chi connectivity index (χ1v) is 11.6. The van der Waals surface area contributed by atoms with Gasteiger partial charge in [0.05, 0.1) is 16.3 Å². The molecule has 0 fully saturated rings. The van der Waals surface area contributed by atoms with Gasteiger partial charge < -0.3 is 9.73 Å². The lowest BCUT2D eigenvalue weighted by molar-refractivity contribution is -0.113. The number of amides is 1. The number of rotatable bonds is 6. The van der Waals surface area contributed by atoms with Crippen molar-refractivity contribution in [3.63, 3.8) is 0 Å². The molecule has 0 unspecified atom stereocenters. The summed E-state index contributed by atoms with van der Waals surface area (Å²) in [6, 6.07) is 8.14. The van der Waals surface area contributed by atoms with Crippen molar-refractivity contribution >= 4 is 45.5 Å². The third-order valence-corrected chi connectivity index (χ3v) is 6.77. The summed E-state index contributed by atoms with van der Waals surface area (Å²) >= 11 is 4.14. The lowest BCUT2D eigenvalue weighted by atomic mass is 9.99. The molecule has 4 rings (SSSR count). The third-order valence-electron chi connectivity index (χ3n) is 4.33. The van der Waals surface area contributed by atoms with Crippen molar-refractivity contribution in [2.75, 3.05) is 11.1 Å². The number of nitrogens with zero attached hydrogens (tertiary/aromatic N) is 3. The standard InChI is InChI=1S/C20H18N4O2S3/c1-11-7-13(3)14(8-12(11)2)15-9-28-19(21-15)22-17(25)10-29-20-24-23-18(26-20)16-5-4-6-27-16/h4-9H,10H2,1-3H3,(H,21,22,25). The SMILES string of the molecule is Cc1cc(C)c(-c2csc(NC(=O)CSc3nnc(-c4cccs4)o3)n2)cc1C. The summed E-state index contributed by atoms with van der Waals surface area (Å²) in [7, 11) is 0. The molecule has 1 N–H and O–H groups in total. The van der Waals surface area contributed by atoms with E-state index >= 15 is 0 Å². The molecule has 1 aromatic carbocycles. The number of carbonyl (C=O) groups excluding carboxylic acids is 1. The maximum atomic E-state index is 12.3. The number of carbonyl (C=O) groups is 1. The minimum atomic E-state index is -0.163. The zero-order valence-corrected chi connectivity index (χ0v) is 18.5. The zero-order valence-electron chi connectivity index (χ0n) is 16.1. The molecule has 1 amide bonds. The van der Waals surface area contributed by atoms with Gasteiger partial charge >= 0.3 is 0 Å². The van der Waals surface area contributed by atoms with Crippen molar-refractivity contribution in [3.8, 4) is 22.0 Å². The fraction of sp³-hybridized carbons (Fsp3) is 0.200. The van der Waals surface area contributed by atoms with Gasteiger partial charge in [-0.3, -0.25) is 4.79 Å². The van der Waals surface area contributed by atoms with Gasteiger partial charge in [0.15, 0.2) is 5.13 Å². The summed E-state index contributed by atoms with van der Waals surface area (Å²) in [5.41, 5.74) is 5.62. The van der Waals surface area contributed by atoms with Gasteiger partial charge in [-0.1, -0.05) is 23.9 Å². The molecule has 0 aliphatic heterocycles. The van der Waals surface area contributed by atoms with E-state index in [1.165, 1.54) is 51.1 Å². The molecule has 0 atom stereocenters. The van der Waals surface area contributed by atoms with Crippen LogP contribution in [0.15, 0.2) is 44.7 Å². The monoisotopic (exact) mass is 442 g/mol. The number of aromatic nitrogens is 3. The molecule has 0 saturated carbocycles. The number of nitrogens with one attached hydrogen (secondary N) is 1. The number of thiazole rings is 1. The van der Waals surface area contributed by atoms with Gasteiger partial charge in [0.25, 0.3) is 11.1 Å². The molecule has 3 aromatic heterocycles. The van der Waals surface area contributed by atoms with Gasteiger partial charge in [-0.05, 0) is 55.0 Å². The normalized spacial score (nSPS) is 11.0. The number of benzene rings is 1. The summed E-state index contributed by atoms with van der Waals surface area (Å²) in [4.78, 5) is 17.8. The Balaban J connectivity index is 1.37. The summed E-state index contributed by atoms with van der Waals surface area (Å²) < 4.78 is 5.58. The van der Waals surface area contributed by atoms with Crippen LogP contribution in [0.4, 0.5) is 5.13 Å². The van der Waals surface area contributed by atoms with Crippen LogP contribution >= 0.6 is 34.4 Å².